The van der Waals surface area contributed by atoms with Crippen LogP contribution in [0.15, 0.2) is 29.3 Å². The molecule has 1 aliphatic rings. The zero-order chi connectivity index (χ0) is 18.2. The number of nitrogens with one attached hydrogen (secondary N) is 2. The quantitative estimate of drug-likeness (QED) is 0.375. The lowest BCUT2D eigenvalue weighted by Crippen LogP contribution is -2.51. The summed E-state index contributed by atoms with van der Waals surface area (Å²) in [5.74, 6) is 0.708. The van der Waals surface area contributed by atoms with E-state index in [4.69, 9.17) is 4.74 Å². The molecule has 1 aromatic rings. The van der Waals surface area contributed by atoms with E-state index in [9.17, 15) is 9.18 Å². The van der Waals surface area contributed by atoms with Gasteiger partial charge in [0.05, 0.1) is 6.54 Å². The summed E-state index contributed by atoms with van der Waals surface area (Å²) in [6, 6.07) is 6.51. The summed E-state index contributed by atoms with van der Waals surface area (Å²) in [7, 11) is 1.81. The lowest BCUT2D eigenvalue weighted by atomic mass is 10.1. The fourth-order valence-electron chi connectivity index (χ4n) is 2.66. The van der Waals surface area contributed by atoms with Crippen LogP contribution < -0.4 is 15.4 Å². The number of ether oxygens (including phenoxy) is 1. The summed E-state index contributed by atoms with van der Waals surface area (Å²) in [5.41, 5.74) is 0. The third-order valence-corrected chi connectivity index (χ3v) is 3.98. The average Bonchev–Trinajstić information content (AvgIpc) is 2.58. The summed E-state index contributed by atoms with van der Waals surface area (Å²) < 4.78 is 19.2. The second-order valence-electron chi connectivity index (χ2n) is 6.23. The van der Waals surface area contributed by atoms with E-state index in [0.717, 1.165) is 13.0 Å². The van der Waals surface area contributed by atoms with Crippen molar-refractivity contribution in [3.63, 3.8) is 0 Å². The average molecular weight is 478 g/mol. The van der Waals surface area contributed by atoms with Crippen molar-refractivity contribution in [1.82, 2.24) is 15.5 Å². The molecule has 1 saturated heterocycles. The summed E-state index contributed by atoms with van der Waals surface area (Å²) in [5, 5.41) is 6.55. The molecule has 2 atom stereocenters. The summed E-state index contributed by atoms with van der Waals surface area (Å²) in [6.45, 7) is 5.63. The number of amides is 1. The molecule has 0 saturated carbocycles. The number of halogens is 2. The molecule has 146 valence electrons. The number of likely N-dealkylation sites (tertiary alicyclic amines) is 1. The third kappa shape index (κ3) is 6.97. The Balaban J connectivity index is 0.00000338. The standard InChI is InChI=1S/C18H27FN4O2.HI/c1-4-20-18(22-14-9-10-17(24)23(3)12-14)21-11-13(2)25-16-8-6-5-7-15(16)19;/h5-8,13-14H,4,9-12H2,1-3H3,(H2,20,21,22);1H. The first-order valence-electron chi connectivity index (χ1n) is 8.69. The minimum atomic E-state index is -0.377. The molecule has 6 nitrogen and oxygen atoms in total. The maximum atomic E-state index is 13.6. The number of piperidine rings is 1. The number of rotatable bonds is 6. The Morgan fingerprint density at radius 3 is 2.85 bits per heavy atom. The van der Waals surface area contributed by atoms with Crippen molar-refractivity contribution in [2.75, 3.05) is 26.7 Å². The second kappa shape index (κ2) is 11.2. The molecular weight excluding hydrogens is 450 g/mol. The van der Waals surface area contributed by atoms with Crippen LogP contribution in [-0.4, -0.2) is 55.6 Å². The van der Waals surface area contributed by atoms with Crippen LogP contribution in [0.2, 0.25) is 0 Å². The van der Waals surface area contributed by atoms with Crippen LogP contribution in [0.25, 0.3) is 0 Å². The van der Waals surface area contributed by atoms with Crippen LogP contribution in [0.4, 0.5) is 4.39 Å². The number of guanidine groups is 1. The minimum absolute atomic E-state index is 0. The normalized spacial score (nSPS) is 18.8. The highest BCUT2D eigenvalue weighted by Gasteiger charge is 2.23. The van der Waals surface area contributed by atoms with Gasteiger partial charge in [0.25, 0.3) is 0 Å². The van der Waals surface area contributed by atoms with Gasteiger partial charge in [-0.15, -0.1) is 24.0 Å². The number of carbonyl (C=O) groups excluding carboxylic acids is 1. The molecule has 8 heteroatoms. The molecular formula is C18H28FIN4O2. The van der Waals surface area contributed by atoms with Crippen molar-refractivity contribution in [2.45, 2.75) is 38.8 Å². The first kappa shape index (κ1) is 22.5. The van der Waals surface area contributed by atoms with Gasteiger partial charge in [-0.25, -0.2) is 9.38 Å². The highest BCUT2D eigenvalue weighted by atomic mass is 127. The zero-order valence-corrected chi connectivity index (χ0v) is 17.8. The van der Waals surface area contributed by atoms with Gasteiger partial charge in [-0.1, -0.05) is 12.1 Å². The summed E-state index contributed by atoms with van der Waals surface area (Å²) in [4.78, 5) is 17.8. The van der Waals surface area contributed by atoms with E-state index in [0.29, 0.717) is 25.5 Å². The van der Waals surface area contributed by atoms with Gasteiger partial charge in [-0.05, 0) is 32.4 Å². The number of hydrogen-bond acceptors (Lipinski definition) is 3. The fourth-order valence-corrected chi connectivity index (χ4v) is 2.66. The Morgan fingerprint density at radius 2 is 2.19 bits per heavy atom. The Kier molecular flexibility index (Phi) is 9.68. The van der Waals surface area contributed by atoms with Crippen molar-refractivity contribution in [2.24, 2.45) is 4.99 Å². The number of carbonyl (C=O) groups is 1. The number of nitrogens with zero attached hydrogens (tertiary/aromatic N) is 2. The highest BCUT2D eigenvalue weighted by Crippen LogP contribution is 2.17. The molecule has 2 rings (SSSR count). The first-order valence-corrected chi connectivity index (χ1v) is 8.69. The smallest absolute Gasteiger partial charge is 0.222 e. The van der Waals surface area contributed by atoms with E-state index in [1.165, 1.54) is 6.07 Å². The minimum Gasteiger partial charge on any atom is -0.486 e. The van der Waals surface area contributed by atoms with Crippen molar-refractivity contribution < 1.29 is 13.9 Å². The molecule has 2 N–H and O–H groups in total. The summed E-state index contributed by atoms with van der Waals surface area (Å²) >= 11 is 0. The Hall–Kier alpha value is -1.58. The SMILES string of the molecule is CCNC(=NCC(C)Oc1ccccc1F)NC1CCC(=O)N(C)C1.I. The van der Waals surface area contributed by atoms with Crippen LogP contribution >= 0.6 is 24.0 Å². The maximum absolute atomic E-state index is 13.6. The van der Waals surface area contributed by atoms with E-state index in [2.05, 4.69) is 15.6 Å². The maximum Gasteiger partial charge on any atom is 0.222 e. The molecule has 1 fully saturated rings. The summed E-state index contributed by atoms with van der Waals surface area (Å²) in [6.07, 6.45) is 1.07. The predicted octanol–water partition coefficient (Wildman–Crippen LogP) is 2.39. The predicted molar refractivity (Wildman–Crippen MR) is 112 cm³/mol. The molecule has 0 spiro atoms. The van der Waals surface area contributed by atoms with Crippen molar-refractivity contribution in [3.8, 4) is 5.75 Å². The van der Waals surface area contributed by atoms with Gasteiger partial charge in [-0.2, -0.15) is 0 Å². The molecule has 1 heterocycles. The van der Waals surface area contributed by atoms with Gasteiger partial charge >= 0.3 is 0 Å². The zero-order valence-electron chi connectivity index (χ0n) is 15.5. The number of aliphatic imine (C=N–C) groups is 1. The van der Waals surface area contributed by atoms with Gasteiger partial charge in [-0.3, -0.25) is 4.79 Å². The number of hydrogen-bond donors (Lipinski definition) is 2. The van der Waals surface area contributed by atoms with Crippen molar-refractivity contribution in [1.29, 1.82) is 0 Å². The molecule has 1 amide bonds. The highest BCUT2D eigenvalue weighted by molar-refractivity contribution is 14.0. The first-order chi connectivity index (χ1) is 12.0. The largest absolute Gasteiger partial charge is 0.486 e. The van der Waals surface area contributed by atoms with Crippen LogP contribution in [0.3, 0.4) is 0 Å². The van der Waals surface area contributed by atoms with Gasteiger partial charge in [0.1, 0.15) is 6.10 Å². The Labute approximate surface area is 171 Å². The van der Waals surface area contributed by atoms with Gasteiger partial charge in [0.2, 0.25) is 5.91 Å². The van der Waals surface area contributed by atoms with E-state index >= 15 is 0 Å². The van der Waals surface area contributed by atoms with Crippen LogP contribution in [0.1, 0.15) is 26.7 Å². The van der Waals surface area contributed by atoms with Gasteiger partial charge < -0.3 is 20.3 Å². The Bertz CT molecular complexity index is 615. The molecule has 2 unspecified atom stereocenters. The molecule has 26 heavy (non-hydrogen) atoms. The van der Waals surface area contributed by atoms with E-state index < -0.39 is 0 Å². The van der Waals surface area contributed by atoms with Crippen LogP contribution in [-0.2, 0) is 4.79 Å². The number of para-hydroxylation sites is 1. The fraction of sp³-hybridized carbons (Fsp3) is 0.556. The topological polar surface area (TPSA) is 66.0 Å². The van der Waals surface area contributed by atoms with Gasteiger partial charge in [0, 0.05) is 32.6 Å². The van der Waals surface area contributed by atoms with Gasteiger partial charge in [0.15, 0.2) is 17.5 Å². The Morgan fingerprint density at radius 1 is 1.46 bits per heavy atom. The van der Waals surface area contributed by atoms with E-state index in [1.807, 2.05) is 20.9 Å². The molecule has 0 aliphatic carbocycles. The molecule has 1 aliphatic heterocycles. The number of benzene rings is 1. The van der Waals surface area contributed by atoms with E-state index in [-0.39, 0.29) is 53.6 Å². The van der Waals surface area contributed by atoms with Crippen molar-refractivity contribution in [3.05, 3.63) is 30.1 Å². The molecule has 0 aromatic heterocycles. The van der Waals surface area contributed by atoms with Crippen molar-refractivity contribution >= 4 is 35.8 Å². The lowest BCUT2D eigenvalue weighted by Gasteiger charge is -2.31. The molecule has 1 aromatic carbocycles. The third-order valence-electron chi connectivity index (χ3n) is 3.98. The van der Waals surface area contributed by atoms with E-state index in [1.54, 1.807) is 23.1 Å². The number of likely N-dealkylation sites (N-methyl/N-ethyl adjacent to an activating group) is 1. The van der Waals surface area contributed by atoms with Crippen LogP contribution in [0.5, 0.6) is 5.75 Å². The monoisotopic (exact) mass is 478 g/mol. The lowest BCUT2D eigenvalue weighted by molar-refractivity contribution is -0.132. The molecule has 0 radical (unpaired) electrons. The molecule has 0 bridgehead atoms. The van der Waals surface area contributed by atoms with Crippen LogP contribution in [0, 0.1) is 5.82 Å². The second-order valence-corrected chi connectivity index (χ2v) is 6.23.